The van der Waals surface area contributed by atoms with Gasteiger partial charge in [-0.2, -0.15) is 16.6 Å². The van der Waals surface area contributed by atoms with E-state index in [1.807, 2.05) is 46.0 Å². The highest BCUT2D eigenvalue weighted by molar-refractivity contribution is 7.08. The molecule has 23 heavy (non-hydrogen) atoms. The van der Waals surface area contributed by atoms with Crippen molar-refractivity contribution >= 4 is 17.2 Å². The van der Waals surface area contributed by atoms with Gasteiger partial charge in [-0.3, -0.25) is 9.69 Å². The van der Waals surface area contributed by atoms with Gasteiger partial charge in [0.2, 0.25) is 0 Å². The van der Waals surface area contributed by atoms with Crippen LogP contribution in [0.15, 0.2) is 41.1 Å². The van der Waals surface area contributed by atoms with Crippen LogP contribution in [-0.2, 0) is 6.54 Å². The number of thiophene rings is 1. The number of carbonyl (C=O) groups is 1. The van der Waals surface area contributed by atoms with Crippen molar-refractivity contribution in [2.24, 2.45) is 0 Å². The lowest BCUT2D eigenvalue weighted by molar-refractivity contribution is 0.0761. The second-order valence-electron chi connectivity index (χ2n) is 5.74. The standard InChI is InChI=1S/C18H19N3OS/c19-12-15-2-4-16(5-3-15)13-20-7-1-8-21(10-9-20)18(22)17-6-11-23-14-17/h2-6,11,14H,1,7-10,13H2. The van der Waals surface area contributed by atoms with Gasteiger partial charge in [0.1, 0.15) is 0 Å². The van der Waals surface area contributed by atoms with Crippen LogP contribution in [-0.4, -0.2) is 41.9 Å². The minimum atomic E-state index is 0.145. The van der Waals surface area contributed by atoms with Gasteiger partial charge in [-0.1, -0.05) is 12.1 Å². The van der Waals surface area contributed by atoms with Crippen LogP contribution in [0, 0.1) is 11.3 Å². The molecule has 0 spiro atoms. The molecular formula is C18H19N3OS. The van der Waals surface area contributed by atoms with Crippen LogP contribution in [0.2, 0.25) is 0 Å². The third-order valence-electron chi connectivity index (χ3n) is 4.13. The van der Waals surface area contributed by atoms with Crippen LogP contribution < -0.4 is 0 Å². The summed E-state index contributed by atoms with van der Waals surface area (Å²) in [7, 11) is 0. The topological polar surface area (TPSA) is 47.3 Å². The van der Waals surface area contributed by atoms with E-state index in [1.165, 1.54) is 5.56 Å². The van der Waals surface area contributed by atoms with Gasteiger partial charge in [-0.15, -0.1) is 0 Å². The molecule has 4 nitrogen and oxygen atoms in total. The Bertz CT molecular complexity index is 688. The maximum atomic E-state index is 12.4. The van der Waals surface area contributed by atoms with Crippen LogP contribution in [0.3, 0.4) is 0 Å². The fraction of sp³-hybridized carbons (Fsp3) is 0.333. The van der Waals surface area contributed by atoms with E-state index in [4.69, 9.17) is 5.26 Å². The van der Waals surface area contributed by atoms with Gasteiger partial charge in [0.15, 0.2) is 0 Å². The first-order valence-corrected chi connectivity index (χ1v) is 8.73. The van der Waals surface area contributed by atoms with E-state index >= 15 is 0 Å². The van der Waals surface area contributed by atoms with Crippen molar-refractivity contribution in [3.05, 3.63) is 57.8 Å². The fourth-order valence-electron chi connectivity index (χ4n) is 2.84. The van der Waals surface area contributed by atoms with Crippen LogP contribution in [0.5, 0.6) is 0 Å². The molecule has 2 aromatic rings. The lowest BCUT2D eigenvalue weighted by Crippen LogP contribution is -2.34. The molecule has 1 aromatic carbocycles. The molecule has 1 fully saturated rings. The summed E-state index contributed by atoms with van der Waals surface area (Å²) in [4.78, 5) is 16.8. The molecule has 0 unspecified atom stereocenters. The molecule has 1 saturated heterocycles. The smallest absolute Gasteiger partial charge is 0.254 e. The Kier molecular flexibility index (Phi) is 5.06. The molecule has 0 aliphatic carbocycles. The minimum Gasteiger partial charge on any atom is -0.337 e. The van der Waals surface area contributed by atoms with E-state index in [0.717, 1.165) is 44.7 Å². The summed E-state index contributed by atoms with van der Waals surface area (Å²) in [6.45, 7) is 4.33. The van der Waals surface area contributed by atoms with Gasteiger partial charge in [0.05, 0.1) is 17.2 Å². The maximum absolute atomic E-state index is 12.4. The highest BCUT2D eigenvalue weighted by Gasteiger charge is 2.20. The van der Waals surface area contributed by atoms with Gasteiger partial charge in [0.25, 0.3) is 5.91 Å². The molecule has 1 aromatic heterocycles. The molecule has 0 bridgehead atoms. The second kappa shape index (κ2) is 7.40. The second-order valence-corrected chi connectivity index (χ2v) is 6.52. The lowest BCUT2D eigenvalue weighted by atomic mass is 10.1. The molecule has 3 rings (SSSR count). The van der Waals surface area contributed by atoms with Crippen LogP contribution in [0.4, 0.5) is 0 Å². The highest BCUT2D eigenvalue weighted by Crippen LogP contribution is 2.14. The monoisotopic (exact) mass is 325 g/mol. The molecule has 1 aliphatic heterocycles. The number of carbonyl (C=O) groups excluding carboxylic acids is 1. The molecule has 2 heterocycles. The fourth-order valence-corrected chi connectivity index (χ4v) is 3.47. The Morgan fingerprint density at radius 2 is 1.96 bits per heavy atom. The summed E-state index contributed by atoms with van der Waals surface area (Å²) in [5.74, 6) is 0.145. The van der Waals surface area contributed by atoms with Crippen molar-refractivity contribution in [2.75, 3.05) is 26.2 Å². The van der Waals surface area contributed by atoms with Gasteiger partial charge in [-0.05, 0) is 35.6 Å². The number of hydrogen-bond donors (Lipinski definition) is 0. The molecule has 0 radical (unpaired) electrons. The first-order chi connectivity index (χ1) is 11.3. The molecule has 1 aliphatic rings. The number of rotatable bonds is 3. The molecule has 0 saturated carbocycles. The number of amides is 1. The zero-order valence-electron chi connectivity index (χ0n) is 12.9. The predicted molar refractivity (Wildman–Crippen MR) is 91.3 cm³/mol. The highest BCUT2D eigenvalue weighted by atomic mass is 32.1. The molecule has 1 amide bonds. The third-order valence-corrected chi connectivity index (χ3v) is 4.82. The first kappa shape index (κ1) is 15.7. The average Bonchev–Trinajstić information content (AvgIpc) is 3.02. The lowest BCUT2D eigenvalue weighted by Gasteiger charge is -2.21. The van der Waals surface area contributed by atoms with E-state index < -0.39 is 0 Å². The summed E-state index contributed by atoms with van der Waals surface area (Å²) < 4.78 is 0. The number of benzene rings is 1. The van der Waals surface area contributed by atoms with Crippen molar-refractivity contribution in [1.82, 2.24) is 9.80 Å². The van der Waals surface area contributed by atoms with Crippen LogP contribution in [0.1, 0.15) is 27.9 Å². The maximum Gasteiger partial charge on any atom is 0.254 e. The van der Waals surface area contributed by atoms with Crippen LogP contribution >= 0.6 is 11.3 Å². The van der Waals surface area contributed by atoms with Crippen molar-refractivity contribution in [1.29, 1.82) is 5.26 Å². The Morgan fingerprint density at radius 1 is 1.13 bits per heavy atom. The molecule has 5 heteroatoms. The SMILES string of the molecule is N#Cc1ccc(CN2CCCN(C(=O)c3ccsc3)CC2)cc1. The van der Waals surface area contributed by atoms with E-state index in [9.17, 15) is 4.79 Å². The Hall–Kier alpha value is -2.16. The number of nitrogens with zero attached hydrogens (tertiary/aromatic N) is 3. The largest absolute Gasteiger partial charge is 0.337 e. The zero-order valence-corrected chi connectivity index (χ0v) is 13.8. The zero-order chi connectivity index (χ0) is 16.1. The quantitative estimate of drug-likeness (QED) is 0.871. The number of hydrogen-bond acceptors (Lipinski definition) is 4. The molecule has 118 valence electrons. The van der Waals surface area contributed by atoms with Crippen LogP contribution in [0.25, 0.3) is 0 Å². The third kappa shape index (κ3) is 3.98. The summed E-state index contributed by atoms with van der Waals surface area (Å²) in [5.41, 5.74) is 2.70. The van der Waals surface area contributed by atoms with E-state index in [-0.39, 0.29) is 5.91 Å². The Labute approximate surface area is 140 Å². The molecule has 0 atom stereocenters. The van der Waals surface area contributed by atoms with Gasteiger partial charge in [0, 0.05) is 38.1 Å². The van der Waals surface area contributed by atoms with Gasteiger partial charge >= 0.3 is 0 Å². The Balaban J connectivity index is 1.58. The summed E-state index contributed by atoms with van der Waals surface area (Å²) in [5, 5.41) is 12.7. The van der Waals surface area contributed by atoms with Gasteiger partial charge < -0.3 is 4.90 Å². The van der Waals surface area contributed by atoms with Gasteiger partial charge in [-0.25, -0.2) is 0 Å². The minimum absolute atomic E-state index is 0.145. The van der Waals surface area contributed by atoms with Crippen molar-refractivity contribution in [3.8, 4) is 6.07 Å². The van der Waals surface area contributed by atoms with Crippen molar-refractivity contribution < 1.29 is 4.79 Å². The van der Waals surface area contributed by atoms with E-state index in [1.54, 1.807) is 11.3 Å². The average molecular weight is 325 g/mol. The van der Waals surface area contributed by atoms with E-state index in [2.05, 4.69) is 11.0 Å². The molecular weight excluding hydrogens is 306 g/mol. The van der Waals surface area contributed by atoms with E-state index in [0.29, 0.717) is 5.56 Å². The normalized spacial score (nSPS) is 15.9. The predicted octanol–water partition coefficient (Wildman–Crippen LogP) is 2.97. The summed E-state index contributed by atoms with van der Waals surface area (Å²) in [6, 6.07) is 11.8. The van der Waals surface area contributed by atoms with Crippen molar-refractivity contribution in [2.45, 2.75) is 13.0 Å². The number of nitriles is 1. The van der Waals surface area contributed by atoms with Crippen molar-refractivity contribution in [3.63, 3.8) is 0 Å². The molecule has 0 N–H and O–H groups in total. The summed E-state index contributed by atoms with van der Waals surface area (Å²) in [6.07, 6.45) is 0.992. The summed E-state index contributed by atoms with van der Waals surface area (Å²) >= 11 is 1.56. The first-order valence-electron chi connectivity index (χ1n) is 7.79. The Morgan fingerprint density at radius 3 is 2.65 bits per heavy atom.